The van der Waals surface area contributed by atoms with Crippen LogP contribution in [0.15, 0.2) is 36.7 Å². The quantitative estimate of drug-likeness (QED) is 0.730. The fourth-order valence-electron chi connectivity index (χ4n) is 3.36. The first-order valence-electron chi connectivity index (χ1n) is 8.59. The van der Waals surface area contributed by atoms with Gasteiger partial charge in [-0.05, 0) is 26.0 Å². The van der Waals surface area contributed by atoms with E-state index in [9.17, 15) is 0 Å². The van der Waals surface area contributed by atoms with E-state index < -0.39 is 0 Å². The van der Waals surface area contributed by atoms with E-state index >= 15 is 0 Å². The first-order chi connectivity index (χ1) is 11.7. The highest BCUT2D eigenvalue weighted by Crippen LogP contribution is 2.30. The molecule has 1 aromatic carbocycles. The molecular formula is C18H23N5S. The zero-order valence-electron chi connectivity index (χ0n) is 14.2. The fourth-order valence-corrected chi connectivity index (χ4v) is 4.36. The van der Waals surface area contributed by atoms with E-state index in [2.05, 4.69) is 63.7 Å². The van der Waals surface area contributed by atoms with Crippen molar-refractivity contribution in [1.29, 1.82) is 0 Å². The zero-order valence-corrected chi connectivity index (χ0v) is 15.0. The van der Waals surface area contributed by atoms with Crippen molar-refractivity contribution < 1.29 is 0 Å². The summed E-state index contributed by atoms with van der Waals surface area (Å²) in [6, 6.07) is 8.89. The standard InChI is InChI=1S/C18H23N5S/c1-3-21-9-8-19-17(21)13-22-10-11-23(12-14(22)2)18-20-15-6-4-5-7-16(15)24-18/h4-9,14H,3,10-13H2,1-2H3/t14-/m0/s1. The van der Waals surface area contributed by atoms with Gasteiger partial charge in [0.25, 0.3) is 0 Å². The van der Waals surface area contributed by atoms with Gasteiger partial charge in [0.2, 0.25) is 0 Å². The van der Waals surface area contributed by atoms with Crippen molar-refractivity contribution in [2.45, 2.75) is 33.0 Å². The van der Waals surface area contributed by atoms with Crippen molar-refractivity contribution in [3.8, 4) is 0 Å². The minimum atomic E-state index is 0.493. The lowest BCUT2D eigenvalue weighted by atomic mass is 10.2. The van der Waals surface area contributed by atoms with Gasteiger partial charge in [0.05, 0.1) is 16.8 Å². The van der Waals surface area contributed by atoms with E-state index in [1.54, 1.807) is 11.3 Å². The molecule has 0 bridgehead atoms. The van der Waals surface area contributed by atoms with E-state index in [0.29, 0.717) is 6.04 Å². The number of piperazine rings is 1. The molecule has 5 nitrogen and oxygen atoms in total. The average molecular weight is 341 g/mol. The number of nitrogens with zero attached hydrogens (tertiary/aromatic N) is 5. The summed E-state index contributed by atoms with van der Waals surface area (Å²) < 4.78 is 3.50. The summed E-state index contributed by atoms with van der Waals surface area (Å²) in [6.45, 7) is 9.47. The predicted molar refractivity (Wildman–Crippen MR) is 99.6 cm³/mol. The zero-order chi connectivity index (χ0) is 16.5. The Morgan fingerprint density at radius 2 is 2.12 bits per heavy atom. The Bertz CT molecular complexity index is 791. The first kappa shape index (κ1) is 15.6. The van der Waals surface area contributed by atoms with Crippen LogP contribution in [0.1, 0.15) is 19.7 Å². The van der Waals surface area contributed by atoms with Gasteiger partial charge in [0.15, 0.2) is 5.13 Å². The van der Waals surface area contributed by atoms with Gasteiger partial charge in [-0.25, -0.2) is 9.97 Å². The van der Waals surface area contributed by atoms with Gasteiger partial charge >= 0.3 is 0 Å². The largest absolute Gasteiger partial charge is 0.345 e. The Labute approximate surface area is 146 Å². The Kier molecular flexibility index (Phi) is 4.24. The smallest absolute Gasteiger partial charge is 0.186 e. The van der Waals surface area contributed by atoms with Crippen molar-refractivity contribution >= 4 is 26.7 Å². The molecule has 6 heteroatoms. The topological polar surface area (TPSA) is 37.2 Å². The summed E-state index contributed by atoms with van der Waals surface area (Å²) in [4.78, 5) is 14.3. The lowest BCUT2D eigenvalue weighted by molar-refractivity contribution is 0.174. The van der Waals surface area contributed by atoms with E-state index in [4.69, 9.17) is 4.98 Å². The molecule has 1 fully saturated rings. The van der Waals surface area contributed by atoms with Crippen molar-refractivity contribution in [3.05, 3.63) is 42.5 Å². The number of fused-ring (bicyclic) bond motifs is 1. The molecule has 2 aromatic heterocycles. The van der Waals surface area contributed by atoms with E-state index in [1.807, 2.05) is 6.20 Å². The van der Waals surface area contributed by atoms with Crippen LogP contribution in [0.4, 0.5) is 5.13 Å². The lowest BCUT2D eigenvalue weighted by Gasteiger charge is -2.39. The molecule has 3 heterocycles. The van der Waals surface area contributed by atoms with E-state index in [0.717, 1.165) is 49.2 Å². The van der Waals surface area contributed by atoms with Gasteiger partial charge in [-0.15, -0.1) is 0 Å². The number of hydrogen-bond acceptors (Lipinski definition) is 5. The highest BCUT2D eigenvalue weighted by atomic mass is 32.1. The molecule has 24 heavy (non-hydrogen) atoms. The third-order valence-corrected chi connectivity index (χ3v) is 5.90. The van der Waals surface area contributed by atoms with Crippen molar-refractivity contribution in [2.24, 2.45) is 0 Å². The summed E-state index contributed by atoms with van der Waals surface area (Å²) in [5.74, 6) is 1.16. The molecule has 0 saturated carbocycles. The van der Waals surface area contributed by atoms with Crippen LogP contribution >= 0.6 is 11.3 Å². The molecule has 0 unspecified atom stereocenters. The molecule has 0 N–H and O–H groups in total. The highest BCUT2D eigenvalue weighted by molar-refractivity contribution is 7.22. The number of para-hydroxylation sites is 1. The third-order valence-electron chi connectivity index (χ3n) is 4.81. The van der Waals surface area contributed by atoms with Crippen LogP contribution in [0.5, 0.6) is 0 Å². The first-order valence-corrected chi connectivity index (χ1v) is 9.41. The van der Waals surface area contributed by atoms with Crippen LogP contribution in [-0.2, 0) is 13.1 Å². The predicted octanol–water partition coefficient (Wildman–Crippen LogP) is 3.22. The number of benzene rings is 1. The third kappa shape index (κ3) is 2.91. The minimum Gasteiger partial charge on any atom is -0.345 e. The summed E-state index contributed by atoms with van der Waals surface area (Å²) in [5, 5.41) is 1.15. The molecule has 1 atom stereocenters. The van der Waals surface area contributed by atoms with Gasteiger partial charge in [0.1, 0.15) is 5.82 Å². The summed E-state index contributed by atoms with van der Waals surface area (Å²) in [7, 11) is 0. The molecule has 0 radical (unpaired) electrons. The number of rotatable bonds is 4. The Morgan fingerprint density at radius 1 is 1.25 bits per heavy atom. The summed E-state index contributed by atoms with van der Waals surface area (Å²) >= 11 is 1.80. The number of imidazole rings is 1. The average Bonchev–Trinajstić information content (AvgIpc) is 3.22. The second-order valence-electron chi connectivity index (χ2n) is 6.36. The maximum Gasteiger partial charge on any atom is 0.186 e. The van der Waals surface area contributed by atoms with Crippen LogP contribution in [0.25, 0.3) is 10.2 Å². The van der Waals surface area contributed by atoms with Gasteiger partial charge in [-0.2, -0.15) is 0 Å². The number of thiazole rings is 1. The molecular weight excluding hydrogens is 318 g/mol. The molecule has 1 aliphatic heterocycles. The Hall–Kier alpha value is -1.92. The van der Waals surface area contributed by atoms with Crippen LogP contribution in [0, 0.1) is 0 Å². The maximum atomic E-state index is 4.81. The van der Waals surface area contributed by atoms with Gasteiger partial charge < -0.3 is 9.47 Å². The maximum absolute atomic E-state index is 4.81. The van der Waals surface area contributed by atoms with Crippen LogP contribution in [0.3, 0.4) is 0 Å². The molecule has 4 rings (SSSR count). The second-order valence-corrected chi connectivity index (χ2v) is 7.37. The minimum absolute atomic E-state index is 0.493. The second kappa shape index (κ2) is 6.53. The Balaban J connectivity index is 1.46. The van der Waals surface area contributed by atoms with Gasteiger partial charge in [-0.3, -0.25) is 4.90 Å². The van der Waals surface area contributed by atoms with Crippen molar-refractivity contribution in [2.75, 3.05) is 24.5 Å². The number of aromatic nitrogens is 3. The molecule has 1 saturated heterocycles. The normalized spacial score (nSPS) is 19.2. The van der Waals surface area contributed by atoms with Crippen molar-refractivity contribution in [1.82, 2.24) is 19.4 Å². The highest BCUT2D eigenvalue weighted by Gasteiger charge is 2.26. The summed E-state index contributed by atoms with van der Waals surface area (Å²) in [5.41, 5.74) is 1.11. The monoisotopic (exact) mass is 341 g/mol. The van der Waals surface area contributed by atoms with Crippen molar-refractivity contribution in [3.63, 3.8) is 0 Å². The molecule has 126 valence electrons. The fraction of sp³-hybridized carbons (Fsp3) is 0.444. The SMILES string of the molecule is CCn1ccnc1CN1CCN(c2nc3ccccc3s2)C[C@@H]1C. The number of hydrogen-bond donors (Lipinski definition) is 0. The summed E-state index contributed by atoms with van der Waals surface area (Å²) in [6.07, 6.45) is 3.97. The van der Waals surface area contributed by atoms with Crippen LogP contribution < -0.4 is 4.90 Å². The van der Waals surface area contributed by atoms with E-state index in [1.165, 1.54) is 4.70 Å². The molecule has 0 aliphatic carbocycles. The molecule has 1 aliphatic rings. The molecule has 0 amide bonds. The van der Waals surface area contributed by atoms with Crippen LogP contribution in [0.2, 0.25) is 0 Å². The van der Waals surface area contributed by atoms with Crippen LogP contribution in [-0.4, -0.2) is 45.1 Å². The number of anilines is 1. The van der Waals surface area contributed by atoms with Gasteiger partial charge in [0, 0.05) is 44.6 Å². The number of aryl methyl sites for hydroxylation is 1. The van der Waals surface area contributed by atoms with E-state index in [-0.39, 0.29) is 0 Å². The lowest BCUT2D eigenvalue weighted by Crippen LogP contribution is -2.51. The molecule has 3 aromatic rings. The molecule has 0 spiro atoms. The van der Waals surface area contributed by atoms with Gasteiger partial charge in [-0.1, -0.05) is 23.5 Å². The Morgan fingerprint density at radius 3 is 2.92 bits per heavy atom.